The molecule has 1 aliphatic heterocycles. The largest absolute Gasteiger partial charge is 0.506 e. The number of benzene rings is 1. The van der Waals surface area contributed by atoms with Crippen molar-refractivity contribution in [1.82, 2.24) is 4.90 Å². The zero-order valence-corrected chi connectivity index (χ0v) is 13.0. The first kappa shape index (κ1) is 15.9. The predicted octanol–water partition coefficient (Wildman–Crippen LogP) is 2.78. The number of phenolic OH excluding ortho intramolecular Hbond substituents is 1. The van der Waals surface area contributed by atoms with E-state index < -0.39 is 0 Å². The Hall–Kier alpha value is -2.48. The molecule has 1 aromatic rings. The fraction of sp³-hybridized carbons (Fsp3) is 0.412. The van der Waals surface area contributed by atoms with E-state index in [0.29, 0.717) is 24.7 Å². The van der Waals surface area contributed by atoms with E-state index in [1.54, 1.807) is 23.1 Å². The topological polar surface area (TPSA) is 76.4 Å². The summed E-state index contributed by atoms with van der Waals surface area (Å²) in [6.45, 7) is 5.45. The fourth-order valence-corrected chi connectivity index (χ4v) is 2.44. The van der Waals surface area contributed by atoms with Crippen molar-refractivity contribution in [3.05, 3.63) is 35.5 Å². The standard InChI is InChI=1S/C17H21N3O2/c1-12-5-7-20(8-6-12)17(22)14(10-18)11-19-15-9-13(2)3-4-16(15)21/h3-4,9,11-12,19,21H,5-8H2,1-2H3/b14-11-. The Bertz CT molecular complexity index is 623. The van der Waals surface area contributed by atoms with Gasteiger partial charge in [0.1, 0.15) is 17.4 Å². The van der Waals surface area contributed by atoms with Gasteiger partial charge in [0.05, 0.1) is 5.69 Å². The van der Waals surface area contributed by atoms with Gasteiger partial charge in [-0.2, -0.15) is 5.26 Å². The Morgan fingerprint density at radius 2 is 2.14 bits per heavy atom. The highest BCUT2D eigenvalue weighted by atomic mass is 16.3. The Morgan fingerprint density at radius 1 is 1.45 bits per heavy atom. The first-order chi connectivity index (χ1) is 10.5. The number of hydrogen-bond acceptors (Lipinski definition) is 4. The zero-order valence-electron chi connectivity index (χ0n) is 13.0. The van der Waals surface area contributed by atoms with Crippen molar-refractivity contribution in [2.24, 2.45) is 5.92 Å². The molecule has 0 atom stereocenters. The quantitative estimate of drug-likeness (QED) is 0.511. The van der Waals surface area contributed by atoms with Crippen molar-refractivity contribution in [1.29, 1.82) is 5.26 Å². The molecule has 0 bridgehead atoms. The lowest BCUT2D eigenvalue weighted by Gasteiger charge is -2.30. The molecule has 5 heteroatoms. The van der Waals surface area contributed by atoms with Crippen LogP contribution in [-0.4, -0.2) is 29.0 Å². The number of rotatable bonds is 3. The molecule has 0 unspecified atom stereocenters. The average molecular weight is 299 g/mol. The van der Waals surface area contributed by atoms with Crippen LogP contribution in [0.15, 0.2) is 30.0 Å². The highest BCUT2D eigenvalue weighted by Crippen LogP contribution is 2.24. The van der Waals surface area contributed by atoms with E-state index in [1.807, 2.05) is 13.0 Å². The molecule has 1 saturated heterocycles. The van der Waals surface area contributed by atoms with Gasteiger partial charge in [0.2, 0.25) is 0 Å². The number of piperidine rings is 1. The normalized spacial score (nSPS) is 16.2. The van der Waals surface area contributed by atoms with Gasteiger partial charge in [-0.05, 0) is 43.4 Å². The molecule has 1 fully saturated rings. The van der Waals surface area contributed by atoms with Gasteiger partial charge in [-0.1, -0.05) is 13.0 Å². The van der Waals surface area contributed by atoms with Gasteiger partial charge in [-0.15, -0.1) is 0 Å². The molecule has 1 heterocycles. The lowest BCUT2D eigenvalue weighted by atomic mass is 9.99. The third-order valence-corrected chi connectivity index (χ3v) is 3.95. The van der Waals surface area contributed by atoms with Crippen LogP contribution in [0.4, 0.5) is 5.69 Å². The van der Waals surface area contributed by atoms with E-state index >= 15 is 0 Å². The molecule has 0 saturated carbocycles. The maximum absolute atomic E-state index is 12.3. The van der Waals surface area contributed by atoms with E-state index in [2.05, 4.69) is 12.2 Å². The number of nitrogens with zero attached hydrogens (tertiary/aromatic N) is 2. The van der Waals surface area contributed by atoms with Gasteiger partial charge in [-0.3, -0.25) is 4.79 Å². The summed E-state index contributed by atoms with van der Waals surface area (Å²) in [5, 5.41) is 21.8. The maximum Gasteiger partial charge on any atom is 0.266 e. The maximum atomic E-state index is 12.3. The summed E-state index contributed by atoms with van der Waals surface area (Å²) >= 11 is 0. The molecule has 5 nitrogen and oxygen atoms in total. The van der Waals surface area contributed by atoms with Gasteiger partial charge in [0.15, 0.2) is 0 Å². The van der Waals surface area contributed by atoms with Crippen LogP contribution in [0, 0.1) is 24.2 Å². The Kier molecular flexibility index (Phi) is 5.05. The fourth-order valence-electron chi connectivity index (χ4n) is 2.44. The van der Waals surface area contributed by atoms with Crippen LogP contribution in [0.5, 0.6) is 5.75 Å². The number of aromatic hydroxyl groups is 1. The summed E-state index contributed by atoms with van der Waals surface area (Å²) in [4.78, 5) is 14.1. The van der Waals surface area contributed by atoms with Crippen molar-refractivity contribution in [2.75, 3.05) is 18.4 Å². The molecule has 0 spiro atoms. The number of aryl methyl sites for hydroxylation is 1. The van der Waals surface area contributed by atoms with Crippen LogP contribution in [0.1, 0.15) is 25.3 Å². The highest BCUT2D eigenvalue weighted by Gasteiger charge is 2.23. The number of carbonyl (C=O) groups excluding carboxylic acids is 1. The second-order valence-electron chi connectivity index (χ2n) is 5.81. The summed E-state index contributed by atoms with van der Waals surface area (Å²) in [5.74, 6) is 0.452. The summed E-state index contributed by atoms with van der Waals surface area (Å²) in [7, 11) is 0. The third-order valence-electron chi connectivity index (χ3n) is 3.95. The van der Waals surface area contributed by atoms with E-state index in [4.69, 9.17) is 0 Å². The van der Waals surface area contributed by atoms with Gasteiger partial charge in [0.25, 0.3) is 5.91 Å². The molecule has 1 amide bonds. The van der Waals surface area contributed by atoms with E-state index in [1.165, 1.54) is 6.20 Å². The van der Waals surface area contributed by atoms with Crippen molar-refractivity contribution < 1.29 is 9.90 Å². The van der Waals surface area contributed by atoms with Crippen LogP contribution in [-0.2, 0) is 4.79 Å². The average Bonchev–Trinajstić information content (AvgIpc) is 2.51. The van der Waals surface area contributed by atoms with Crippen molar-refractivity contribution >= 4 is 11.6 Å². The van der Waals surface area contributed by atoms with Gasteiger partial charge >= 0.3 is 0 Å². The Morgan fingerprint density at radius 3 is 2.77 bits per heavy atom. The minimum absolute atomic E-state index is 0.0514. The van der Waals surface area contributed by atoms with Gasteiger partial charge < -0.3 is 15.3 Å². The number of hydrogen-bond donors (Lipinski definition) is 2. The lowest BCUT2D eigenvalue weighted by Crippen LogP contribution is -2.38. The number of carbonyl (C=O) groups is 1. The molecular weight excluding hydrogens is 278 g/mol. The zero-order chi connectivity index (χ0) is 16.1. The van der Waals surface area contributed by atoms with Crippen LogP contribution < -0.4 is 5.32 Å². The first-order valence-electron chi connectivity index (χ1n) is 7.47. The lowest BCUT2D eigenvalue weighted by molar-refractivity contribution is -0.128. The van der Waals surface area contributed by atoms with Crippen LogP contribution in [0.3, 0.4) is 0 Å². The number of phenols is 1. The number of anilines is 1. The predicted molar refractivity (Wildman–Crippen MR) is 85.1 cm³/mol. The van der Waals surface area contributed by atoms with E-state index in [0.717, 1.165) is 18.4 Å². The van der Waals surface area contributed by atoms with Gasteiger partial charge in [0, 0.05) is 19.3 Å². The number of likely N-dealkylation sites (tertiary alicyclic amines) is 1. The monoisotopic (exact) mass is 299 g/mol. The molecule has 0 aliphatic carbocycles. The van der Waals surface area contributed by atoms with E-state index in [-0.39, 0.29) is 17.2 Å². The van der Waals surface area contributed by atoms with Crippen molar-refractivity contribution in [2.45, 2.75) is 26.7 Å². The molecule has 0 radical (unpaired) electrons. The molecule has 116 valence electrons. The molecular formula is C17H21N3O2. The third kappa shape index (κ3) is 3.79. The van der Waals surface area contributed by atoms with Gasteiger partial charge in [-0.25, -0.2) is 0 Å². The SMILES string of the molecule is Cc1ccc(O)c(N/C=C(/C#N)C(=O)N2CCC(C)CC2)c1. The Labute approximate surface area is 130 Å². The molecule has 2 N–H and O–H groups in total. The summed E-state index contributed by atoms with van der Waals surface area (Å²) in [5.41, 5.74) is 1.51. The summed E-state index contributed by atoms with van der Waals surface area (Å²) < 4.78 is 0. The summed E-state index contributed by atoms with van der Waals surface area (Å²) in [6.07, 6.45) is 3.31. The minimum atomic E-state index is -0.256. The van der Waals surface area contributed by atoms with Crippen LogP contribution in [0.2, 0.25) is 0 Å². The smallest absolute Gasteiger partial charge is 0.266 e. The second-order valence-corrected chi connectivity index (χ2v) is 5.81. The van der Waals surface area contributed by atoms with Crippen molar-refractivity contribution in [3.63, 3.8) is 0 Å². The second kappa shape index (κ2) is 6.99. The molecule has 0 aromatic heterocycles. The molecule has 2 rings (SSSR count). The van der Waals surface area contributed by atoms with E-state index in [9.17, 15) is 15.2 Å². The van der Waals surface area contributed by atoms with Crippen molar-refractivity contribution in [3.8, 4) is 11.8 Å². The molecule has 22 heavy (non-hydrogen) atoms. The summed E-state index contributed by atoms with van der Waals surface area (Å²) in [6, 6.07) is 7.06. The number of amides is 1. The number of nitrogens with one attached hydrogen (secondary N) is 1. The van der Waals surface area contributed by atoms with Crippen LogP contribution >= 0.6 is 0 Å². The van der Waals surface area contributed by atoms with Crippen LogP contribution in [0.25, 0.3) is 0 Å². The molecule has 1 aliphatic rings. The first-order valence-corrected chi connectivity index (χ1v) is 7.47. The highest BCUT2D eigenvalue weighted by molar-refractivity contribution is 5.97. The minimum Gasteiger partial charge on any atom is -0.506 e. The Balaban J connectivity index is 2.09. The number of nitriles is 1. The molecule has 1 aromatic carbocycles.